The minimum atomic E-state index is -5.32. The molecule has 0 aromatic heterocycles. The van der Waals surface area contributed by atoms with Gasteiger partial charge in [0.2, 0.25) is 0 Å². The summed E-state index contributed by atoms with van der Waals surface area (Å²) in [6.07, 6.45) is -7.49. The highest BCUT2D eigenvalue weighted by molar-refractivity contribution is 5.94. The van der Waals surface area contributed by atoms with Crippen LogP contribution in [0.1, 0.15) is 40.0 Å². The van der Waals surface area contributed by atoms with Crippen molar-refractivity contribution in [2.24, 2.45) is 0 Å². The number of amides is 1. The third kappa shape index (κ3) is 7.70. The molecule has 150 valence electrons. The maximum absolute atomic E-state index is 12.6. The Labute approximate surface area is 148 Å². The predicted molar refractivity (Wildman–Crippen MR) is 80.7 cm³/mol. The largest absolute Gasteiger partial charge is 0.471 e. The van der Waals surface area contributed by atoms with Crippen molar-refractivity contribution in [3.63, 3.8) is 0 Å². The van der Waals surface area contributed by atoms with Gasteiger partial charge in [-0.05, 0) is 27.2 Å². The predicted octanol–water partition coefficient (Wildman–Crippen LogP) is 1.26. The van der Waals surface area contributed by atoms with Gasteiger partial charge in [-0.15, -0.1) is 0 Å². The zero-order chi connectivity index (χ0) is 20.8. The third-order valence-electron chi connectivity index (χ3n) is 3.04. The van der Waals surface area contributed by atoms with Crippen LogP contribution in [-0.2, 0) is 33.4 Å². The summed E-state index contributed by atoms with van der Waals surface area (Å²) < 4.78 is 51.8. The van der Waals surface area contributed by atoms with Crippen molar-refractivity contribution in [3.05, 3.63) is 0 Å². The number of rotatable bonds is 7. The first-order chi connectivity index (χ1) is 11.7. The second-order valence-corrected chi connectivity index (χ2v) is 6.36. The Hall–Kier alpha value is -2.33. The molecule has 0 rings (SSSR count). The Bertz CT molecular complexity index is 554. The second-order valence-electron chi connectivity index (χ2n) is 6.36. The van der Waals surface area contributed by atoms with Crippen molar-refractivity contribution < 1.29 is 46.6 Å². The first-order valence-corrected chi connectivity index (χ1v) is 7.43. The van der Waals surface area contributed by atoms with Crippen LogP contribution in [-0.4, -0.2) is 55.4 Å². The molecule has 0 spiro atoms. The highest BCUT2D eigenvalue weighted by Gasteiger charge is 2.50. The van der Waals surface area contributed by atoms with Gasteiger partial charge in [0.15, 0.2) is 0 Å². The molecule has 11 heteroatoms. The second kappa shape index (κ2) is 8.86. The molecule has 1 unspecified atom stereocenters. The van der Waals surface area contributed by atoms with Gasteiger partial charge >= 0.3 is 30.0 Å². The van der Waals surface area contributed by atoms with Crippen LogP contribution in [0.5, 0.6) is 0 Å². The van der Waals surface area contributed by atoms with Crippen LogP contribution in [0, 0.1) is 0 Å². The van der Waals surface area contributed by atoms with E-state index < -0.39 is 60.4 Å². The SMILES string of the molecule is COC(=O)CCC(CC(=O)OC(C)(C)C)(NC(=O)C(F)(F)F)C(=O)OC. The molecule has 0 aliphatic rings. The first kappa shape index (κ1) is 23.7. The average Bonchev–Trinajstić information content (AvgIpc) is 2.48. The molecular weight excluding hydrogens is 363 g/mol. The van der Waals surface area contributed by atoms with E-state index in [2.05, 4.69) is 9.47 Å². The summed E-state index contributed by atoms with van der Waals surface area (Å²) in [6.45, 7) is 4.52. The minimum Gasteiger partial charge on any atom is -0.469 e. The number of carbonyl (C=O) groups is 4. The normalized spacial score (nSPS) is 14.0. The average molecular weight is 385 g/mol. The molecule has 0 aliphatic heterocycles. The molecule has 0 radical (unpaired) electrons. The van der Waals surface area contributed by atoms with Crippen molar-refractivity contribution in [3.8, 4) is 0 Å². The highest BCUT2D eigenvalue weighted by atomic mass is 19.4. The number of hydrogen-bond acceptors (Lipinski definition) is 7. The fraction of sp³-hybridized carbons (Fsp3) is 0.733. The van der Waals surface area contributed by atoms with Gasteiger partial charge in [0.25, 0.3) is 0 Å². The van der Waals surface area contributed by atoms with Crippen LogP contribution in [0.4, 0.5) is 13.2 Å². The Morgan fingerprint density at radius 1 is 0.923 bits per heavy atom. The molecule has 0 heterocycles. The van der Waals surface area contributed by atoms with E-state index in [4.69, 9.17) is 4.74 Å². The van der Waals surface area contributed by atoms with Gasteiger partial charge in [-0.1, -0.05) is 0 Å². The fourth-order valence-corrected chi connectivity index (χ4v) is 1.95. The standard InChI is InChI=1S/C15H22F3NO7/c1-13(2,3)26-10(21)8-14(12(23)25-5,7-6-9(20)24-4)19-11(22)15(16,17)18/h6-8H2,1-5H3,(H,19,22). The third-order valence-corrected chi connectivity index (χ3v) is 3.04. The van der Waals surface area contributed by atoms with E-state index in [1.54, 1.807) is 0 Å². The topological polar surface area (TPSA) is 108 Å². The van der Waals surface area contributed by atoms with Crippen molar-refractivity contribution in [1.29, 1.82) is 0 Å². The maximum atomic E-state index is 12.6. The molecule has 0 saturated carbocycles. The zero-order valence-electron chi connectivity index (χ0n) is 15.1. The lowest BCUT2D eigenvalue weighted by Crippen LogP contribution is -2.59. The lowest BCUT2D eigenvalue weighted by Gasteiger charge is -2.32. The van der Waals surface area contributed by atoms with Gasteiger partial charge in [-0.25, -0.2) is 4.79 Å². The van der Waals surface area contributed by atoms with Crippen LogP contribution in [0.15, 0.2) is 0 Å². The molecule has 1 N–H and O–H groups in total. The van der Waals surface area contributed by atoms with Crippen molar-refractivity contribution >= 4 is 23.8 Å². The molecular formula is C15H22F3NO7. The maximum Gasteiger partial charge on any atom is 0.471 e. The van der Waals surface area contributed by atoms with Gasteiger partial charge in [0.05, 0.1) is 20.6 Å². The number of ether oxygens (including phenoxy) is 3. The van der Waals surface area contributed by atoms with Crippen LogP contribution in [0.25, 0.3) is 0 Å². The number of carbonyl (C=O) groups excluding carboxylic acids is 4. The molecule has 0 bridgehead atoms. The summed E-state index contributed by atoms with van der Waals surface area (Å²) in [4.78, 5) is 46.9. The van der Waals surface area contributed by atoms with E-state index in [1.807, 2.05) is 0 Å². The fourth-order valence-electron chi connectivity index (χ4n) is 1.95. The van der Waals surface area contributed by atoms with E-state index in [0.29, 0.717) is 0 Å². The highest BCUT2D eigenvalue weighted by Crippen LogP contribution is 2.25. The number of methoxy groups -OCH3 is 2. The Kier molecular flexibility index (Phi) is 8.06. The van der Waals surface area contributed by atoms with Crippen LogP contribution >= 0.6 is 0 Å². The molecule has 8 nitrogen and oxygen atoms in total. The van der Waals surface area contributed by atoms with E-state index in [0.717, 1.165) is 14.2 Å². The summed E-state index contributed by atoms with van der Waals surface area (Å²) in [5.41, 5.74) is -3.44. The van der Waals surface area contributed by atoms with E-state index in [1.165, 1.54) is 26.1 Å². The van der Waals surface area contributed by atoms with Crippen molar-refractivity contribution in [2.45, 2.75) is 57.3 Å². The number of nitrogens with one attached hydrogen (secondary N) is 1. The first-order valence-electron chi connectivity index (χ1n) is 7.43. The molecule has 0 aliphatic carbocycles. The monoisotopic (exact) mass is 385 g/mol. The molecule has 1 atom stereocenters. The quantitative estimate of drug-likeness (QED) is 0.519. The van der Waals surface area contributed by atoms with Crippen LogP contribution in [0.2, 0.25) is 0 Å². The zero-order valence-corrected chi connectivity index (χ0v) is 15.1. The van der Waals surface area contributed by atoms with E-state index in [9.17, 15) is 32.3 Å². The molecule has 1 amide bonds. The molecule has 26 heavy (non-hydrogen) atoms. The van der Waals surface area contributed by atoms with Gasteiger partial charge in [-0.2, -0.15) is 13.2 Å². The minimum absolute atomic E-state index is 0.549. The van der Waals surface area contributed by atoms with Crippen LogP contribution in [0.3, 0.4) is 0 Å². The molecule has 0 aromatic carbocycles. The van der Waals surface area contributed by atoms with Gasteiger partial charge in [-0.3, -0.25) is 14.4 Å². The summed E-state index contributed by atoms with van der Waals surface area (Å²) in [6, 6.07) is 0. The lowest BCUT2D eigenvalue weighted by molar-refractivity contribution is -0.180. The summed E-state index contributed by atoms with van der Waals surface area (Å²) >= 11 is 0. The lowest BCUT2D eigenvalue weighted by atomic mass is 9.89. The summed E-state index contributed by atoms with van der Waals surface area (Å²) in [5.74, 6) is -5.71. The Morgan fingerprint density at radius 3 is 1.85 bits per heavy atom. The molecule has 0 aromatic rings. The Morgan fingerprint density at radius 2 is 1.46 bits per heavy atom. The smallest absolute Gasteiger partial charge is 0.469 e. The molecule has 0 fully saturated rings. The van der Waals surface area contributed by atoms with Crippen molar-refractivity contribution in [1.82, 2.24) is 5.32 Å². The Balaban J connectivity index is 5.79. The van der Waals surface area contributed by atoms with Gasteiger partial charge in [0.1, 0.15) is 11.1 Å². The number of hydrogen-bond donors (Lipinski definition) is 1. The van der Waals surface area contributed by atoms with Crippen LogP contribution < -0.4 is 5.32 Å². The molecule has 0 saturated heterocycles. The van der Waals surface area contributed by atoms with Gasteiger partial charge < -0.3 is 19.5 Å². The van der Waals surface area contributed by atoms with E-state index >= 15 is 0 Å². The van der Waals surface area contributed by atoms with Crippen molar-refractivity contribution in [2.75, 3.05) is 14.2 Å². The number of halogens is 3. The number of alkyl halides is 3. The number of esters is 3. The summed E-state index contributed by atoms with van der Waals surface area (Å²) in [7, 11) is 1.90. The van der Waals surface area contributed by atoms with E-state index in [-0.39, 0.29) is 0 Å². The summed E-state index contributed by atoms with van der Waals surface area (Å²) in [5, 5.41) is 1.47. The van der Waals surface area contributed by atoms with Gasteiger partial charge in [0, 0.05) is 6.42 Å².